The van der Waals surface area contributed by atoms with E-state index in [1.807, 2.05) is 18.2 Å². The molecule has 18 heavy (non-hydrogen) atoms. The van der Waals surface area contributed by atoms with E-state index in [0.29, 0.717) is 11.7 Å². The van der Waals surface area contributed by atoms with Crippen molar-refractivity contribution in [1.82, 2.24) is 4.98 Å². The number of unbranched alkanes of at least 4 members (excludes halogenated alkanes) is 1. The van der Waals surface area contributed by atoms with Gasteiger partial charge in [0.1, 0.15) is 11.6 Å². The maximum absolute atomic E-state index is 5.63. The molecule has 0 radical (unpaired) electrons. The van der Waals surface area contributed by atoms with Crippen LogP contribution in [0.2, 0.25) is 0 Å². The van der Waals surface area contributed by atoms with Gasteiger partial charge in [-0.25, -0.2) is 0 Å². The third kappa shape index (κ3) is 3.48. The molecule has 0 amide bonds. The number of ether oxygens (including phenoxy) is 1. The topological polar surface area (TPSA) is 48.1 Å². The van der Waals surface area contributed by atoms with Crippen LogP contribution in [0.5, 0.6) is 11.6 Å². The van der Waals surface area contributed by atoms with E-state index in [-0.39, 0.29) is 0 Å². The van der Waals surface area contributed by atoms with Gasteiger partial charge in [-0.1, -0.05) is 31.5 Å². The Kier molecular flexibility index (Phi) is 4.18. The average molecular weight is 242 g/mol. The Morgan fingerprint density at radius 1 is 1.11 bits per heavy atom. The number of nitrogen functional groups attached to an aromatic ring is 1. The lowest BCUT2D eigenvalue weighted by Gasteiger charge is -2.06. The lowest BCUT2D eigenvalue weighted by atomic mass is 10.1. The van der Waals surface area contributed by atoms with Gasteiger partial charge in [0.05, 0.1) is 0 Å². The third-order valence-electron chi connectivity index (χ3n) is 2.71. The second-order valence-corrected chi connectivity index (χ2v) is 4.25. The summed E-state index contributed by atoms with van der Waals surface area (Å²) in [6.07, 6.45) is 3.55. The van der Waals surface area contributed by atoms with Crippen LogP contribution in [0, 0.1) is 0 Å². The van der Waals surface area contributed by atoms with Crippen LogP contribution < -0.4 is 10.5 Å². The standard InChI is InChI=1S/C15H18N2O/c1-2-3-5-12-8-10-13(11-9-12)18-15-7-4-6-14(16)17-15/h4,6-11H,2-3,5H2,1H3,(H2,16,17). The molecule has 0 aliphatic heterocycles. The maximum atomic E-state index is 5.63. The van der Waals surface area contributed by atoms with Crippen LogP contribution in [0.4, 0.5) is 5.82 Å². The summed E-state index contributed by atoms with van der Waals surface area (Å²) in [5.41, 5.74) is 6.94. The largest absolute Gasteiger partial charge is 0.439 e. The molecule has 0 spiro atoms. The van der Waals surface area contributed by atoms with Crippen molar-refractivity contribution in [2.45, 2.75) is 26.2 Å². The van der Waals surface area contributed by atoms with Gasteiger partial charge in [-0.05, 0) is 36.6 Å². The molecule has 0 aliphatic rings. The number of hydrogen-bond donors (Lipinski definition) is 1. The first kappa shape index (κ1) is 12.4. The Bertz CT molecular complexity index is 494. The van der Waals surface area contributed by atoms with E-state index in [0.717, 1.165) is 12.2 Å². The van der Waals surface area contributed by atoms with Crippen LogP contribution in [0.3, 0.4) is 0 Å². The molecule has 0 atom stereocenters. The Hall–Kier alpha value is -2.03. The molecule has 3 heteroatoms. The predicted octanol–water partition coefficient (Wildman–Crippen LogP) is 3.80. The van der Waals surface area contributed by atoms with Crippen molar-refractivity contribution in [3.63, 3.8) is 0 Å². The molecule has 0 fully saturated rings. The highest BCUT2D eigenvalue weighted by molar-refractivity contribution is 5.35. The first-order chi connectivity index (χ1) is 8.78. The lowest BCUT2D eigenvalue weighted by Crippen LogP contribution is -1.93. The Labute approximate surface area is 108 Å². The summed E-state index contributed by atoms with van der Waals surface area (Å²) < 4.78 is 5.63. The van der Waals surface area contributed by atoms with E-state index < -0.39 is 0 Å². The molecule has 1 aromatic carbocycles. The van der Waals surface area contributed by atoms with Crippen molar-refractivity contribution in [2.75, 3.05) is 5.73 Å². The highest BCUT2D eigenvalue weighted by Crippen LogP contribution is 2.20. The number of nitrogens with two attached hydrogens (primary N) is 1. The normalized spacial score (nSPS) is 10.3. The summed E-state index contributed by atoms with van der Waals surface area (Å²) in [4.78, 5) is 4.10. The van der Waals surface area contributed by atoms with Gasteiger partial charge in [0.2, 0.25) is 5.88 Å². The van der Waals surface area contributed by atoms with Gasteiger partial charge < -0.3 is 10.5 Å². The zero-order valence-corrected chi connectivity index (χ0v) is 10.6. The summed E-state index contributed by atoms with van der Waals surface area (Å²) in [5.74, 6) is 1.77. The number of rotatable bonds is 5. The second kappa shape index (κ2) is 6.05. The fourth-order valence-corrected chi connectivity index (χ4v) is 1.71. The van der Waals surface area contributed by atoms with E-state index in [1.54, 1.807) is 12.1 Å². The molecule has 94 valence electrons. The zero-order chi connectivity index (χ0) is 12.8. The molecule has 0 saturated carbocycles. The van der Waals surface area contributed by atoms with Crippen molar-refractivity contribution in [1.29, 1.82) is 0 Å². The fraction of sp³-hybridized carbons (Fsp3) is 0.267. The molecule has 0 unspecified atom stereocenters. The first-order valence-corrected chi connectivity index (χ1v) is 6.27. The molecule has 0 bridgehead atoms. The highest BCUT2D eigenvalue weighted by Gasteiger charge is 1.99. The van der Waals surface area contributed by atoms with Crippen molar-refractivity contribution < 1.29 is 4.74 Å². The molecular formula is C15H18N2O. The molecular weight excluding hydrogens is 224 g/mol. The minimum absolute atomic E-state index is 0.465. The number of hydrogen-bond acceptors (Lipinski definition) is 3. The zero-order valence-electron chi connectivity index (χ0n) is 10.6. The van der Waals surface area contributed by atoms with Gasteiger partial charge in [0.15, 0.2) is 0 Å². The van der Waals surface area contributed by atoms with E-state index in [1.165, 1.54) is 18.4 Å². The number of pyridine rings is 1. The van der Waals surface area contributed by atoms with E-state index in [2.05, 4.69) is 24.0 Å². The Morgan fingerprint density at radius 2 is 1.89 bits per heavy atom. The first-order valence-electron chi connectivity index (χ1n) is 6.27. The van der Waals surface area contributed by atoms with Crippen LogP contribution in [0.1, 0.15) is 25.3 Å². The fourth-order valence-electron chi connectivity index (χ4n) is 1.71. The molecule has 2 N–H and O–H groups in total. The van der Waals surface area contributed by atoms with Crippen LogP contribution in [0.15, 0.2) is 42.5 Å². The van der Waals surface area contributed by atoms with Crippen LogP contribution in [-0.4, -0.2) is 4.98 Å². The number of aryl methyl sites for hydroxylation is 1. The monoisotopic (exact) mass is 242 g/mol. The summed E-state index contributed by atoms with van der Waals surface area (Å²) in [7, 11) is 0. The second-order valence-electron chi connectivity index (χ2n) is 4.25. The summed E-state index contributed by atoms with van der Waals surface area (Å²) in [5, 5.41) is 0. The van der Waals surface area contributed by atoms with Crippen LogP contribution in [-0.2, 0) is 6.42 Å². The number of aromatic nitrogens is 1. The van der Waals surface area contributed by atoms with Crippen LogP contribution in [0.25, 0.3) is 0 Å². The quantitative estimate of drug-likeness (QED) is 0.867. The van der Waals surface area contributed by atoms with Crippen molar-refractivity contribution >= 4 is 5.82 Å². The van der Waals surface area contributed by atoms with Crippen LogP contribution >= 0.6 is 0 Å². The summed E-state index contributed by atoms with van der Waals surface area (Å²) in [6.45, 7) is 2.20. The number of benzene rings is 1. The van der Waals surface area contributed by atoms with E-state index >= 15 is 0 Å². The summed E-state index contributed by atoms with van der Waals surface area (Å²) in [6, 6.07) is 13.5. The number of nitrogens with zero attached hydrogens (tertiary/aromatic N) is 1. The maximum Gasteiger partial charge on any atom is 0.221 e. The lowest BCUT2D eigenvalue weighted by molar-refractivity contribution is 0.463. The number of anilines is 1. The molecule has 2 rings (SSSR count). The van der Waals surface area contributed by atoms with E-state index in [4.69, 9.17) is 10.5 Å². The Balaban J connectivity index is 2.02. The molecule has 1 aromatic heterocycles. The highest BCUT2D eigenvalue weighted by atomic mass is 16.5. The van der Waals surface area contributed by atoms with Gasteiger partial charge >= 0.3 is 0 Å². The van der Waals surface area contributed by atoms with Gasteiger partial charge in [-0.15, -0.1) is 0 Å². The molecule has 3 nitrogen and oxygen atoms in total. The summed E-state index contributed by atoms with van der Waals surface area (Å²) >= 11 is 0. The van der Waals surface area contributed by atoms with Crippen molar-refractivity contribution in [3.05, 3.63) is 48.0 Å². The van der Waals surface area contributed by atoms with E-state index in [9.17, 15) is 0 Å². The predicted molar refractivity (Wildman–Crippen MR) is 73.8 cm³/mol. The minimum atomic E-state index is 0.465. The molecule has 0 saturated heterocycles. The van der Waals surface area contributed by atoms with Crippen molar-refractivity contribution in [2.24, 2.45) is 0 Å². The minimum Gasteiger partial charge on any atom is -0.439 e. The third-order valence-corrected chi connectivity index (χ3v) is 2.71. The molecule has 0 aliphatic carbocycles. The Morgan fingerprint density at radius 3 is 2.56 bits per heavy atom. The van der Waals surface area contributed by atoms with Crippen molar-refractivity contribution in [3.8, 4) is 11.6 Å². The SMILES string of the molecule is CCCCc1ccc(Oc2cccc(N)n2)cc1. The van der Waals surface area contributed by atoms with Gasteiger partial charge in [0.25, 0.3) is 0 Å². The smallest absolute Gasteiger partial charge is 0.221 e. The molecule has 2 aromatic rings. The van der Waals surface area contributed by atoms with Gasteiger partial charge in [0, 0.05) is 6.07 Å². The molecule has 1 heterocycles. The van der Waals surface area contributed by atoms with Gasteiger partial charge in [-0.2, -0.15) is 4.98 Å². The average Bonchev–Trinajstić information content (AvgIpc) is 2.38. The van der Waals surface area contributed by atoms with Gasteiger partial charge in [-0.3, -0.25) is 0 Å².